The van der Waals surface area contributed by atoms with Gasteiger partial charge in [0.2, 0.25) is 5.91 Å². The maximum Gasteiger partial charge on any atom is 0.343 e. The van der Waals surface area contributed by atoms with Crippen LogP contribution in [0, 0.1) is 0 Å². The standard InChI is InChI=1S/C20H22N2O5/c1-3-5-19(23)21-16-7-4-6-15(12-16)20(24)27-13-18(22-25)14-8-10-17(26-2)11-9-14/h4,6-13,22,25H,3,5H2,1-2H3,(H,21,23). The molecule has 0 heterocycles. The number of rotatable bonds is 8. The summed E-state index contributed by atoms with van der Waals surface area (Å²) in [5.74, 6) is -0.0768. The van der Waals surface area contributed by atoms with Crippen LogP contribution in [0.15, 0.2) is 54.8 Å². The molecule has 2 aromatic rings. The molecule has 7 heteroatoms. The normalized spacial score (nSPS) is 10.9. The molecule has 2 rings (SSSR count). The number of ether oxygens (including phenoxy) is 2. The summed E-state index contributed by atoms with van der Waals surface area (Å²) in [6.07, 6.45) is 2.26. The van der Waals surface area contributed by atoms with E-state index in [0.717, 1.165) is 12.7 Å². The van der Waals surface area contributed by atoms with E-state index in [4.69, 9.17) is 9.47 Å². The van der Waals surface area contributed by atoms with Gasteiger partial charge in [0.1, 0.15) is 17.7 Å². The fraction of sp³-hybridized carbons (Fsp3) is 0.200. The summed E-state index contributed by atoms with van der Waals surface area (Å²) in [5, 5.41) is 12.0. The third kappa shape index (κ3) is 5.86. The van der Waals surface area contributed by atoms with Crippen LogP contribution >= 0.6 is 0 Å². The van der Waals surface area contributed by atoms with E-state index < -0.39 is 5.97 Å². The first-order valence-corrected chi connectivity index (χ1v) is 8.43. The molecule has 0 saturated carbocycles. The van der Waals surface area contributed by atoms with E-state index >= 15 is 0 Å². The van der Waals surface area contributed by atoms with Crippen LogP contribution in [0.25, 0.3) is 5.70 Å². The van der Waals surface area contributed by atoms with Gasteiger partial charge in [-0.15, -0.1) is 0 Å². The van der Waals surface area contributed by atoms with E-state index in [1.807, 2.05) is 12.4 Å². The fourth-order valence-electron chi connectivity index (χ4n) is 2.28. The predicted octanol–water partition coefficient (Wildman–Crippen LogP) is 3.57. The second-order valence-electron chi connectivity index (χ2n) is 5.66. The minimum atomic E-state index is -0.622. The van der Waals surface area contributed by atoms with Gasteiger partial charge in [-0.3, -0.25) is 15.5 Å². The van der Waals surface area contributed by atoms with E-state index in [-0.39, 0.29) is 17.2 Å². The molecule has 0 saturated heterocycles. The molecule has 3 N–H and O–H groups in total. The Labute approximate surface area is 157 Å². The Morgan fingerprint density at radius 1 is 1.11 bits per heavy atom. The predicted molar refractivity (Wildman–Crippen MR) is 101 cm³/mol. The van der Waals surface area contributed by atoms with Gasteiger partial charge in [0.05, 0.1) is 12.7 Å². The number of benzene rings is 2. The summed E-state index contributed by atoms with van der Waals surface area (Å²) >= 11 is 0. The summed E-state index contributed by atoms with van der Waals surface area (Å²) in [6.45, 7) is 1.91. The second kappa shape index (κ2) is 9.98. The molecule has 0 aliphatic carbocycles. The quantitative estimate of drug-likeness (QED) is 0.373. The van der Waals surface area contributed by atoms with Crippen molar-refractivity contribution in [2.45, 2.75) is 19.8 Å². The van der Waals surface area contributed by atoms with E-state index in [1.165, 1.54) is 6.07 Å². The van der Waals surface area contributed by atoms with E-state index in [1.54, 1.807) is 49.6 Å². The van der Waals surface area contributed by atoms with E-state index in [2.05, 4.69) is 5.32 Å². The molecular formula is C20H22N2O5. The molecule has 0 aromatic heterocycles. The van der Waals surface area contributed by atoms with Crippen molar-refractivity contribution in [1.29, 1.82) is 0 Å². The number of carbonyl (C=O) groups is 2. The Kier molecular flexibility index (Phi) is 7.39. The van der Waals surface area contributed by atoms with E-state index in [0.29, 0.717) is 23.4 Å². The van der Waals surface area contributed by atoms with Crippen LogP contribution in [0.4, 0.5) is 5.69 Å². The SMILES string of the molecule is CCCC(=O)Nc1cccc(C(=O)OC=C(NO)c2ccc(OC)cc2)c1. The average molecular weight is 370 g/mol. The molecule has 0 spiro atoms. The fourth-order valence-corrected chi connectivity index (χ4v) is 2.28. The minimum absolute atomic E-state index is 0.116. The Bertz CT molecular complexity index is 815. The number of esters is 1. The number of anilines is 1. The smallest absolute Gasteiger partial charge is 0.343 e. The van der Waals surface area contributed by atoms with Crippen LogP contribution in [0.3, 0.4) is 0 Å². The van der Waals surface area contributed by atoms with Crippen LogP contribution in [-0.4, -0.2) is 24.2 Å². The summed E-state index contributed by atoms with van der Waals surface area (Å²) in [7, 11) is 1.55. The number of hydrogen-bond donors (Lipinski definition) is 3. The molecule has 0 unspecified atom stereocenters. The van der Waals surface area contributed by atoms with Crippen molar-refractivity contribution in [3.63, 3.8) is 0 Å². The summed E-state index contributed by atoms with van der Waals surface area (Å²) in [6, 6.07) is 13.3. The van der Waals surface area contributed by atoms with Gasteiger partial charge in [-0.25, -0.2) is 4.79 Å². The molecule has 0 fully saturated rings. The zero-order valence-corrected chi connectivity index (χ0v) is 15.2. The van der Waals surface area contributed by atoms with Crippen molar-refractivity contribution in [2.75, 3.05) is 12.4 Å². The lowest BCUT2D eigenvalue weighted by Gasteiger charge is -2.08. The van der Waals surface area contributed by atoms with Crippen LogP contribution in [0.5, 0.6) is 5.75 Å². The number of methoxy groups -OCH3 is 1. The monoisotopic (exact) mass is 370 g/mol. The zero-order valence-electron chi connectivity index (χ0n) is 15.2. The topological polar surface area (TPSA) is 96.9 Å². The Balaban J connectivity index is 2.08. The van der Waals surface area contributed by atoms with Crippen LogP contribution in [0.1, 0.15) is 35.7 Å². The van der Waals surface area contributed by atoms with Gasteiger partial charge >= 0.3 is 5.97 Å². The number of nitrogens with one attached hydrogen (secondary N) is 2. The highest BCUT2D eigenvalue weighted by atomic mass is 16.5. The van der Waals surface area contributed by atoms with Crippen molar-refractivity contribution >= 4 is 23.3 Å². The van der Waals surface area contributed by atoms with Crippen molar-refractivity contribution in [2.24, 2.45) is 0 Å². The van der Waals surface area contributed by atoms with E-state index in [9.17, 15) is 14.8 Å². The molecule has 7 nitrogen and oxygen atoms in total. The maximum atomic E-state index is 12.3. The van der Waals surface area contributed by atoms with Crippen LogP contribution < -0.4 is 15.5 Å². The largest absolute Gasteiger partial charge is 0.497 e. The molecule has 27 heavy (non-hydrogen) atoms. The number of hydroxylamine groups is 1. The van der Waals surface area contributed by atoms with Crippen LogP contribution in [0.2, 0.25) is 0 Å². The minimum Gasteiger partial charge on any atom is -0.497 e. The van der Waals surface area contributed by atoms with Gasteiger partial charge in [0.25, 0.3) is 0 Å². The Hall–Kier alpha value is -3.32. The first-order valence-electron chi connectivity index (χ1n) is 8.43. The second-order valence-corrected chi connectivity index (χ2v) is 5.66. The third-order valence-corrected chi connectivity index (χ3v) is 3.66. The maximum absolute atomic E-state index is 12.3. The summed E-state index contributed by atoms with van der Waals surface area (Å²) in [5.41, 5.74) is 3.60. The van der Waals surface area contributed by atoms with Crippen molar-refractivity contribution < 1.29 is 24.3 Å². The van der Waals surface area contributed by atoms with Gasteiger partial charge in [-0.1, -0.05) is 13.0 Å². The van der Waals surface area contributed by atoms with Gasteiger partial charge in [-0.05, 0) is 48.9 Å². The highest BCUT2D eigenvalue weighted by Crippen LogP contribution is 2.18. The molecule has 1 amide bonds. The third-order valence-electron chi connectivity index (χ3n) is 3.66. The van der Waals surface area contributed by atoms with Crippen molar-refractivity contribution in [3.05, 3.63) is 65.9 Å². The summed E-state index contributed by atoms with van der Waals surface area (Å²) < 4.78 is 10.2. The number of amides is 1. The average Bonchev–Trinajstić information content (AvgIpc) is 2.69. The Morgan fingerprint density at radius 3 is 2.48 bits per heavy atom. The van der Waals surface area contributed by atoms with Gasteiger partial charge in [0.15, 0.2) is 0 Å². The van der Waals surface area contributed by atoms with Crippen molar-refractivity contribution in [1.82, 2.24) is 5.48 Å². The number of hydrogen-bond acceptors (Lipinski definition) is 6. The zero-order chi connectivity index (χ0) is 19.6. The van der Waals surface area contributed by atoms with Gasteiger partial charge in [0, 0.05) is 17.7 Å². The lowest BCUT2D eigenvalue weighted by Crippen LogP contribution is -2.12. The molecular weight excluding hydrogens is 348 g/mol. The number of carbonyl (C=O) groups excluding carboxylic acids is 2. The molecule has 0 aliphatic heterocycles. The van der Waals surface area contributed by atoms with Crippen molar-refractivity contribution in [3.8, 4) is 5.75 Å². The highest BCUT2D eigenvalue weighted by molar-refractivity contribution is 5.94. The van der Waals surface area contributed by atoms with Gasteiger partial charge < -0.3 is 14.8 Å². The molecule has 142 valence electrons. The molecule has 0 radical (unpaired) electrons. The first kappa shape index (κ1) is 20.0. The highest BCUT2D eigenvalue weighted by Gasteiger charge is 2.10. The summed E-state index contributed by atoms with van der Waals surface area (Å²) in [4.78, 5) is 23.9. The van der Waals surface area contributed by atoms with Crippen LogP contribution in [-0.2, 0) is 9.53 Å². The molecule has 0 atom stereocenters. The lowest BCUT2D eigenvalue weighted by molar-refractivity contribution is -0.116. The Morgan fingerprint density at radius 2 is 1.85 bits per heavy atom. The van der Waals surface area contributed by atoms with Gasteiger partial charge in [-0.2, -0.15) is 0 Å². The first-order chi connectivity index (χ1) is 13.1. The molecule has 0 bridgehead atoms. The molecule has 2 aromatic carbocycles. The molecule has 0 aliphatic rings. The lowest BCUT2D eigenvalue weighted by atomic mass is 10.1.